The van der Waals surface area contributed by atoms with Gasteiger partial charge in [-0.3, -0.25) is 24.5 Å². The summed E-state index contributed by atoms with van der Waals surface area (Å²) in [6.45, 7) is 4.91. The molecular weight excluding hydrogens is 406 g/mol. The van der Waals surface area contributed by atoms with Crippen molar-refractivity contribution in [3.05, 3.63) is 24.3 Å². The van der Waals surface area contributed by atoms with E-state index in [9.17, 15) is 9.59 Å². The summed E-state index contributed by atoms with van der Waals surface area (Å²) in [6, 6.07) is 0.877. The zero-order valence-electron chi connectivity index (χ0n) is 18.9. The van der Waals surface area contributed by atoms with Crippen LogP contribution in [0.5, 0.6) is 0 Å². The lowest BCUT2D eigenvalue weighted by molar-refractivity contribution is -0.151. The summed E-state index contributed by atoms with van der Waals surface area (Å²) in [5.41, 5.74) is 0.397. The molecule has 1 aromatic rings. The van der Waals surface area contributed by atoms with Gasteiger partial charge in [-0.15, -0.1) is 0 Å². The molecule has 3 atom stereocenters. The first-order chi connectivity index (χ1) is 15.6. The van der Waals surface area contributed by atoms with Crippen LogP contribution in [0.25, 0.3) is 0 Å². The van der Waals surface area contributed by atoms with Crippen LogP contribution in [-0.2, 0) is 20.7 Å². The predicted octanol–water partition coefficient (Wildman–Crippen LogP) is 1.41. The second-order valence-electron chi connectivity index (χ2n) is 9.98. The molecule has 2 saturated heterocycles. The molecule has 0 aromatic carbocycles. The van der Waals surface area contributed by atoms with E-state index in [2.05, 4.69) is 20.2 Å². The first-order valence-electron chi connectivity index (χ1n) is 12.3. The molecule has 5 rings (SSSR count). The number of aromatic nitrogens is 2. The largest absolute Gasteiger partial charge is 0.379 e. The average Bonchev–Trinajstić information content (AvgIpc) is 3.67. The number of amides is 2. The molecule has 32 heavy (non-hydrogen) atoms. The molecule has 4 aliphatic rings. The number of rotatable bonds is 6. The minimum Gasteiger partial charge on any atom is -0.379 e. The fraction of sp³-hybridized carbons (Fsp3) is 0.750. The molecule has 0 spiro atoms. The van der Waals surface area contributed by atoms with Crippen LogP contribution in [0.3, 0.4) is 0 Å². The van der Waals surface area contributed by atoms with Crippen LogP contribution in [0, 0.1) is 11.3 Å². The third kappa shape index (κ3) is 4.66. The fourth-order valence-corrected chi connectivity index (χ4v) is 5.90. The van der Waals surface area contributed by atoms with Crippen LogP contribution < -0.4 is 5.32 Å². The molecule has 8 heteroatoms. The van der Waals surface area contributed by atoms with Gasteiger partial charge in [0.05, 0.1) is 24.3 Å². The lowest BCUT2D eigenvalue weighted by atomic mass is 9.60. The molecule has 4 fully saturated rings. The molecule has 2 saturated carbocycles. The molecule has 1 aromatic heterocycles. The third-order valence-electron chi connectivity index (χ3n) is 7.97. The van der Waals surface area contributed by atoms with Crippen molar-refractivity contribution in [1.29, 1.82) is 0 Å². The monoisotopic (exact) mass is 441 g/mol. The van der Waals surface area contributed by atoms with E-state index in [1.54, 1.807) is 18.6 Å². The van der Waals surface area contributed by atoms with Gasteiger partial charge in [0.25, 0.3) is 0 Å². The molecule has 0 bridgehead atoms. The smallest absolute Gasteiger partial charge is 0.228 e. The number of nitrogens with one attached hydrogen (secondary N) is 1. The Bertz CT molecular complexity index is 811. The Kier molecular flexibility index (Phi) is 6.42. The lowest BCUT2D eigenvalue weighted by Gasteiger charge is -2.53. The molecule has 0 radical (unpaired) electrons. The van der Waals surface area contributed by atoms with Crippen LogP contribution in [0.15, 0.2) is 18.6 Å². The van der Waals surface area contributed by atoms with Gasteiger partial charge in [-0.05, 0) is 50.9 Å². The number of hydrogen-bond donors (Lipinski definition) is 1. The number of hydrogen-bond acceptors (Lipinski definition) is 6. The predicted molar refractivity (Wildman–Crippen MR) is 119 cm³/mol. The van der Waals surface area contributed by atoms with Crippen molar-refractivity contribution in [1.82, 2.24) is 25.1 Å². The maximum atomic E-state index is 13.5. The Morgan fingerprint density at radius 2 is 1.97 bits per heavy atom. The first-order valence-corrected chi connectivity index (χ1v) is 12.3. The van der Waals surface area contributed by atoms with E-state index >= 15 is 0 Å². The van der Waals surface area contributed by atoms with Crippen LogP contribution >= 0.6 is 0 Å². The molecule has 174 valence electrons. The lowest BCUT2D eigenvalue weighted by Crippen LogP contribution is -2.61. The summed E-state index contributed by atoms with van der Waals surface area (Å²) in [7, 11) is 0. The minimum absolute atomic E-state index is 0.128. The van der Waals surface area contributed by atoms with E-state index in [0.717, 1.165) is 77.1 Å². The summed E-state index contributed by atoms with van der Waals surface area (Å²) in [5, 5.41) is 3.30. The van der Waals surface area contributed by atoms with Crippen LogP contribution in [0.1, 0.15) is 50.6 Å². The van der Waals surface area contributed by atoms with E-state index < -0.39 is 5.41 Å². The van der Waals surface area contributed by atoms with Gasteiger partial charge in [0, 0.05) is 63.3 Å². The van der Waals surface area contributed by atoms with Crippen molar-refractivity contribution in [2.45, 2.75) is 63.5 Å². The van der Waals surface area contributed by atoms with E-state index in [1.807, 2.05) is 4.90 Å². The van der Waals surface area contributed by atoms with Crippen molar-refractivity contribution < 1.29 is 14.3 Å². The van der Waals surface area contributed by atoms with Gasteiger partial charge in [-0.25, -0.2) is 0 Å². The van der Waals surface area contributed by atoms with Gasteiger partial charge in [-0.2, -0.15) is 0 Å². The average molecular weight is 442 g/mol. The normalized spacial score (nSPS) is 31.1. The maximum Gasteiger partial charge on any atom is 0.228 e. The molecule has 1 N–H and O–H groups in total. The van der Waals surface area contributed by atoms with Crippen molar-refractivity contribution in [3.8, 4) is 0 Å². The molecule has 8 nitrogen and oxygen atoms in total. The number of ether oxygens (including phenoxy) is 1. The van der Waals surface area contributed by atoms with E-state index in [-0.39, 0.29) is 11.8 Å². The highest BCUT2D eigenvalue weighted by molar-refractivity contribution is 5.85. The zero-order chi connectivity index (χ0) is 22.0. The quantitative estimate of drug-likeness (QED) is 0.718. The van der Waals surface area contributed by atoms with E-state index in [0.29, 0.717) is 37.4 Å². The fourth-order valence-electron chi connectivity index (χ4n) is 5.90. The Labute approximate surface area is 190 Å². The van der Waals surface area contributed by atoms with Crippen molar-refractivity contribution >= 4 is 11.8 Å². The summed E-state index contributed by atoms with van der Waals surface area (Å²) in [5.74, 6) is 0.659. The number of likely N-dealkylation sites (tertiary alicyclic amines) is 1. The van der Waals surface area contributed by atoms with Gasteiger partial charge in [0.2, 0.25) is 11.8 Å². The number of fused-ring (bicyclic) bond motifs is 1. The standard InChI is InChI=1S/C24H35N5O3/c30-22(4-3-20-16-25-8-9-26-20)29-10-6-18-15-21(28-11-13-32-14-12-28)5-7-24(18,17-29)23(31)27-19-1-2-19/h8-9,16,18-19,21H,1-7,10-15,17H2,(H,27,31)/t18-,21+,24-/m1/s1. The summed E-state index contributed by atoms with van der Waals surface area (Å²) in [4.78, 5) is 39.5. The molecule has 0 unspecified atom stereocenters. The second-order valence-corrected chi connectivity index (χ2v) is 9.98. The molecule has 2 aliphatic carbocycles. The number of piperidine rings is 1. The number of carbonyl (C=O) groups excluding carboxylic acids is 2. The summed E-state index contributed by atoms with van der Waals surface area (Å²) >= 11 is 0. The van der Waals surface area contributed by atoms with Gasteiger partial charge in [0.1, 0.15) is 0 Å². The Balaban J connectivity index is 1.27. The van der Waals surface area contributed by atoms with Gasteiger partial charge >= 0.3 is 0 Å². The topological polar surface area (TPSA) is 87.7 Å². The van der Waals surface area contributed by atoms with E-state index in [1.165, 1.54) is 0 Å². The molecular formula is C24H35N5O3. The van der Waals surface area contributed by atoms with Crippen molar-refractivity contribution in [3.63, 3.8) is 0 Å². The van der Waals surface area contributed by atoms with Crippen LogP contribution in [0.2, 0.25) is 0 Å². The maximum absolute atomic E-state index is 13.5. The minimum atomic E-state index is -0.439. The Hall–Kier alpha value is -2.06. The van der Waals surface area contributed by atoms with Crippen LogP contribution in [0.4, 0.5) is 0 Å². The highest BCUT2D eigenvalue weighted by Gasteiger charge is 2.53. The van der Waals surface area contributed by atoms with Crippen LogP contribution in [-0.4, -0.2) is 83.1 Å². The first kappa shape index (κ1) is 21.8. The van der Waals surface area contributed by atoms with Crippen molar-refractivity contribution in [2.24, 2.45) is 11.3 Å². The van der Waals surface area contributed by atoms with Gasteiger partial charge < -0.3 is 15.0 Å². The third-order valence-corrected chi connectivity index (χ3v) is 7.97. The summed E-state index contributed by atoms with van der Waals surface area (Å²) in [6.07, 6.45) is 12.1. The molecule has 2 amide bonds. The molecule has 3 heterocycles. The number of aryl methyl sites for hydroxylation is 1. The van der Waals surface area contributed by atoms with Gasteiger partial charge in [-0.1, -0.05) is 0 Å². The zero-order valence-corrected chi connectivity index (χ0v) is 18.9. The SMILES string of the molecule is O=C(CCc1cnccn1)N1CC[C@@H]2C[C@@H](N3CCOCC3)CC[C@@]2(C(=O)NC2CC2)C1. The number of carbonyl (C=O) groups is 2. The Morgan fingerprint density at radius 1 is 1.12 bits per heavy atom. The number of nitrogens with zero attached hydrogens (tertiary/aromatic N) is 4. The van der Waals surface area contributed by atoms with Gasteiger partial charge in [0.15, 0.2) is 0 Å². The van der Waals surface area contributed by atoms with Crippen molar-refractivity contribution in [2.75, 3.05) is 39.4 Å². The number of morpholine rings is 1. The molecule has 2 aliphatic heterocycles. The second kappa shape index (κ2) is 9.43. The van der Waals surface area contributed by atoms with E-state index in [4.69, 9.17) is 4.74 Å². The Morgan fingerprint density at radius 3 is 2.72 bits per heavy atom. The highest BCUT2D eigenvalue weighted by atomic mass is 16.5. The summed E-state index contributed by atoms with van der Waals surface area (Å²) < 4.78 is 5.54. The highest BCUT2D eigenvalue weighted by Crippen LogP contribution is 2.48.